The van der Waals surface area contributed by atoms with Crippen LogP contribution in [0.2, 0.25) is 5.02 Å². The van der Waals surface area contributed by atoms with Crippen LogP contribution in [0.15, 0.2) is 59.5 Å². The minimum absolute atomic E-state index is 0.0162. The number of hydrogen-bond acceptors (Lipinski definition) is 2. The molecule has 0 amide bonds. The summed E-state index contributed by atoms with van der Waals surface area (Å²) in [5.41, 5.74) is 7.39. The zero-order chi connectivity index (χ0) is 14.1. The molecule has 0 radical (unpaired) electrons. The second kappa shape index (κ2) is 5.02. The Morgan fingerprint density at radius 1 is 1.10 bits per heavy atom. The molecule has 4 heteroatoms. The second-order valence-electron chi connectivity index (χ2n) is 4.68. The van der Waals surface area contributed by atoms with Gasteiger partial charge >= 0.3 is 0 Å². The lowest BCUT2D eigenvalue weighted by atomic mass is 10.1. The molecular weight excluding hydrogens is 272 g/mol. The number of nitrogen functional groups attached to an aromatic ring is 1. The number of pyridine rings is 1. The van der Waals surface area contributed by atoms with Crippen LogP contribution in [0.3, 0.4) is 0 Å². The Labute approximate surface area is 121 Å². The van der Waals surface area contributed by atoms with Gasteiger partial charge in [0.1, 0.15) is 0 Å². The highest BCUT2D eigenvalue weighted by atomic mass is 35.5. The van der Waals surface area contributed by atoms with E-state index >= 15 is 0 Å². The van der Waals surface area contributed by atoms with Gasteiger partial charge in [0.25, 0.3) is 5.56 Å². The van der Waals surface area contributed by atoms with E-state index in [-0.39, 0.29) is 5.56 Å². The zero-order valence-corrected chi connectivity index (χ0v) is 11.5. The van der Waals surface area contributed by atoms with Gasteiger partial charge in [-0.2, -0.15) is 0 Å². The monoisotopic (exact) mass is 284 g/mol. The van der Waals surface area contributed by atoms with Gasteiger partial charge in [0.05, 0.1) is 6.54 Å². The molecule has 0 fully saturated rings. The first-order valence-corrected chi connectivity index (χ1v) is 6.65. The summed E-state index contributed by atoms with van der Waals surface area (Å²) in [6.45, 7) is 0.437. The lowest BCUT2D eigenvalue weighted by molar-refractivity contribution is 0.770. The largest absolute Gasteiger partial charge is 0.398 e. The Morgan fingerprint density at radius 3 is 2.70 bits per heavy atom. The normalized spacial score (nSPS) is 10.8. The lowest BCUT2D eigenvalue weighted by Gasteiger charge is -2.10. The minimum atomic E-state index is -0.0162. The first-order valence-electron chi connectivity index (χ1n) is 6.27. The quantitative estimate of drug-likeness (QED) is 0.734. The van der Waals surface area contributed by atoms with Gasteiger partial charge in [-0.1, -0.05) is 35.9 Å². The molecule has 0 saturated carbocycles. The van der Waals surface area contributed by atoms with Crippen LogP contribution in [0, 0.1) is 0 Å². The van der Waals surface area contributed by atoms with Gasteiger partial charge in [0.15, 0.2) is 0 Å². The van der Waals surface area contributed by atoms with Crippen LogP contribution in [0.5, 0.6) is 0 Å². The van der Waals surface area contributed by atoms with Gasteiger partial charge in [-0.15, -0.1) is 0 Å². The average molecular weight is 285 g/mol. The number of benzene rings is 2. The van der Waals surface area contributed by atoms with Gasteiger partial charge in [0, 0.05) is 22.3 Å². The van der Waals surface area contributed by atoms with Gasteiger partial charge in [0.2, 0.25) is 0 Å². The van der Waals surface area contributed by atoms with Crippen molar-refractivity contribution in [3.8, 4) is 0 Å². The molecule has 20 heavy (non-hydrogen) atoms. The molecule has 0 unspecified atom stereocenters. The molecule has 1 aromatic heterocycles. The average Bonchev–Trinajstić information content (AvgIpc) is 2.45. The Morgan fingerprint density at radius 2 is 1.90 bits per heavy atom. The van der Waals surface area contributed by atoms with Crippen LogP contribution in [0.25, 0.3) is 10.8 Å². The fourth-order valence-corrected chi connectivity index (χ4v) is 2.43. The topological polar surface area (TPSA) is 48.0 Å². The summed E-state index contributed by atoms with van der Waals surface area (Å²) < 4.78 is 1.65. The van der Waals surface area contributed by atoms with Gasteiger partial charge in [-0.05, 0) is 35.2 Å². The third kappa shape index (κ3) is 2.28. The van der Waals surface area contributed by atoms with E-state index in [1.807, 2.05) is 36.4 Å². The number of halogens is 1. The van der Waals surface area contributed by atoms with Crippen LogP contribution in [0.4, 0.5) is 5.69 Å². The van der Waals surface area contributed by atoms with Gasteiger partial charge in [-0.25, -0.2) is 0 Å². The molecule has 0 aliphatic heterocycles. The molecule has 0 aliphatic carbocycles. The highest BCUT2D eigenvalue weighted by Gasteiger charge is 2.05. The number of hydrogen-bond donors (Lipinski definition) is 1. The van der Waals surface area contributed by atoms with Crippen molar-refractivity contribution in [1.82, 2.24) is 4.57 Å². The molecule has 2 aromatic carbocycles. The molecule has 0 bridgehead atoms. The SMILES string of the molecule is Nc1cc(Cl)ccc1Cn1ccc2ccccc2c1=O. The number of fused-ring (bicyclic) bond motifs is 1. The molecule has 0 atom stereocenters. The molecular formula is C16H13ClN2O. The van der Waals surface area contributed by atoms with Crippen molar-refractivity contribution in [2.24, 2.45) is 0 Å². The molecule has 0 aliphatic rings. The van der Waals surface area contributed by atoms with Gasteiger partial charge < -0.3 is 10.3 Å². The summed E-state index contributed by atoms with van der Waals surface area (Å²) in [6, 6.07) is 14.8. The second-order valence-corrected chi connectivity index (χ2v) is 5.12. The fourth-order valence-electron chi connectivity index (χ4n) is 2.25. The van der Waals surface area contributed by atoms with Crippen molar-refractivity contribution >= 4 is 28.1 Å². The first kappa shape index (κ1) is 12.8. The smallest absolute Gasteiger partial charge is 0.258 e. The summed E-state index contributed by atoms with van der Waals surface area (Å²) >= 11 is 5.88. The zero-order valence-electron chi connectivity index (χ0n) is 10.7. The molecule has 3 aromatic rings. The van der Waals surface area contributed by atoms with E-state index in [0.29, 0.717) is 22.6 Å². The van der Waals surface area contributed by atoms with Crippen molar-refractivity contribution in [3.63, 3.8) is 0 Å². The number of rotatable bonds is 2. The molecule has 0 saturated heterocycles. The van der Waals surface area contributed by atoms with Gasteiger partial charge in [-0.3, -0.25) is 4.79 Å². The standard InChI is InChI=1S/C16H13ClN2O/c17-13-6-5-12(15(18)9-13)10-19-8-7-11-3-1-2-4-14(11)16(19)20/h1-9H,10,18H2. The van der Waals surface area contributed by atoms with Crippen LogP contribution in [-0.4, -0.2) is 4.57 Å². The number of nitrogens with two attached hydrogens (primary N) is 1. The predicted octanol–water partition coefficient (Wildman–Crippen LogP) is 3.29. The van der Waals surface area contributed by atoms with Crippen molar-refractivity contribution in [1.29, 1.82) is 0 Å². The maximum Gasteiger partial charge on any atom is 0.258 e. The van der Waals surface area contributed by atoms with E-state index < -0.39 is 0 Å². The van der Waals surface area contributed by atoms with Crippen molar-refractivity contribution in [3.05, 3.63) is 75.7 Å². The van der Waals surface area contributed by atoms with Crippen molar-refractivity contribution in [2.45, 2.75) is 6.54 Å². The van der Waals surface area contributed by atoms with E-state index in [1.165, 1.54) is 0 Å². The minimum Gasteiger partial charge on any atom is -0.398 e. The summed E-state index contributed by atoms with van der Waals surface area (Å²) in [5, 5.41) is 2.25. The fraction of sp³-hybridized carbons (Fsp3) is 0.0625. The van der Waals surface area contributed by atoms with Crippen LogP contribution in [0.1, 0.15) is 5.56 Å². The molecule has 3 nitrogen and oxygen atoms in total. The van der Waals surface area contributed by atoms with Crippen LogP contribution >= 0.6 is 11.6 Å². The molecule has 0 spiro atoms. The van der Waals surface area contributed by atoms with Crippen molar-refractivity contribution < 1.29 is 0 Å². The predicted molar refractivity (Wildman–Crippen MR) is 83.2 cm³/mol. The number of anilines is 1. The van der Waals surface area contributed by atoms with E-state index in [9.17, 15) is 4.79 Å². The van der Waals surface area contributed by atoms with E-state index in [1.54, 1.807) is 22.9 Å². The first-order chi connectivity index (χ1) is 9.65. The summed E-state index contributed by atoms with van der Waals surface area (Å²) in [5.74, 6) is 0. The summed E-state index contributed by atoms with van der Waals surface area (Å²) in [7, 11) is 0. The lowest BCUT2D eigenvalue weighted by Crippen LogP contribution is -2.20. The molecule has 1 heterocycles. The Bertz CT molecular complexity index is 839. The Hall–Kier alpha value is -2.26. The van der Waals surface area contributed by atoms with E-state index in [0.717, 1.165) is 10.9 Å². The Balaban J connectivity index is 2.07. The summed E-state index contributed by atoms with van der Waals surface area (Å²) in [6.07, 6.45) is 1.79. The third-order valence-corrected chi connectivity index (χ3v) is 3.57. The number of nitrogens with zero attached hydrogens (tertiary/aromatic N) is 1. The Kier molecular flexibility index (Phi) is 3.20. The molecule has 3 rings (SSSR count). The molecule has 100 valence electrons. The maximum atomic E-state index is 12.4. The summed E-state index contributed by atoms with van der Waals surface area (Å²) in [4.78, 5) is 12.4. The third-order valence-electron chi connectivity index (χ3n) is 3.33. The highest BCUT2D eigenvalue weighted by Crippen LogP contribution is 2.19. The molecule has 2 N–H and O–H groups in total. The van der Waals surface area contributed by atoms with E-state index in [2.05, 4.69) is 0 Å². The number of aromatic nitrogens is 1. The highest BCUT2D eigenvalue weighted by molar-refractivity contribution is 6.30. The van der Waals surface area contributed by atoms with Crippen LogP contribution < -0.4 is 11.3 Å². The van der Waals surface area contributed by atoms with Crippen molar-refractivity contribution in [2.75, 3.05) is 5.73 Å². The van der Waals surface area contributed by atoms with E-state index in [4.69, 9.17) is 17.3 Å². The van der Waals surface area contributed by atoms with Crippen LogP contribution in [-0.2, 0) is 6.54 Å². The maximum absolute atomic E-state index is 12.4.